The molecule has 0 fully saturated rings. The van der Waals surface area contributed by atoms with E-state index in [2.05, 4.69) is 0 Å². The Morgan fingerprint density at radius 3 is 2.65 bits per heavy atom. The quantitative estimate of drug-likeness (QED) is 0.784. The number of fused-ring (bicyclic) bond motifs is 1. The van der Waals surface area contributed by atoms with Crippen LogP contribution in [-0.2, 0) is 14.3 Å². The van der Waals surface area contributed by atoms with Crippen molar-refractivity contribution < 1.29 is 19.1 Å². The van der Waals surface area contributed by atoms with Crippen molar-refractivity contribution in [3.63, 3.8) is 0 Å². The normalized spacial score (nSPS) is 17.4. The fraction of sp³-hybridized carbons (Fsp3) is 0.529. The smallest absolute Gasteiger partial charge is 0.415 e. The molecule has 0 saturated carbocycles. The van der Waals surface area contributed by atoms with Gasteiger partial charge in [0.05, 0.1) is 24.8 Å². The molecular formula is C17H23NO4S. The van der Waals surface area contributed by atoms with E-state index in [0.29, 0.717) is 12.4 Å². The number of benzene rings is 1. The van der Waals surface area contributed by atoms with Crippen LogP contribution >= 0.6 is 11.8 Å². The predicted octanol–water partition coefficient (Wildman–Crippen LogP) is 3.86. The van der Waals surface area contributed by atoms with Crippen LogP contribution in [0.3, 0.4) is 0 Å². The highest BCUT2D eigenvalue weighted by atomic mass is 32.2. The van der Waals surface area contributed by atoms with Crippen molar-refractivity contribution in [3.05, 3.63) is 24.3 Å². The topological polar surface area (TPSA) is 55.8 Å². The molecule has 0 N–H and O–H groups in total. The van der Waals surface area contributed by atoms with Gasteiger partial charge >= 0.3 is 12.1 Å². The highest BCUT2D eigenvalue weighted by molar-refractivity contribution is 7.99. The van der Waals surface area contributed by atoms with Gasteiger partial charge in [-0.3, -0.25) is 9.69 Å². The van der Waals surface area contributed by atoms with Gasteiger partial charge in [0.15, 0.2) is 0 Å². The minimum absolute atomic E-state index is 0.161. The molecular weight excluding hydrogens is 314 g/mol. The van der Waals surface area contributed by atoms with Gasteiger partial charge in [0.25, 0.3) is 0 Å². The first-order valence-corrected chi connectivity index (χ1v) is 8.70. The molecule has 1 atom stereocenters. The lowest BCUT2D eigenvalue weighted by atomic mass is 10.1. The molecule has 0 aliphatic carbocycles. The van der Waals surface area contributed by atoms with E-state index < -0.39 is 11.7 Å². The number of esters is 1. The first-order valence-electron chi connectivity index (χ1n) is 7.71. The number of carbonyl (C=O) groups is 2. The highest BCUT2D eigenvalue weighted by Gasteiger charge is 2.35. The van der Waals surface area contributed by atoms with Gasteiger partial charge in [-0.05, 0) is 39.8 Å². The minimum Gasteiger partial charge on any atom is -0.466 e. The zero-order chi connectivity index (χ0) is 17.0. The third kappa shape index (κ3) is 4.64. The Bertz CT molecular complexity index is 582. The highest BCUT2D eigenvalue weighted by Crippen LogP contribution is 2.39. The largest absolute Gasteiger partial charge is 0.466 e. The maximum Gasteiger partial charge on any atom is 0.415 e. The Kier molecular flexibility index (Phi) is 5.57. The standard InChI is InChI=1S/C17H23NO4S/c1-5-21-15(19)10-12-11-23-14-9-7-6-8-13(14)18(12)16(20)22-17(2,3)4/h6-9,12H,5,10-11H2,1-4H3. The van der Waals surface area contributed by atoms with Gasteiger partial charge in [0.2, 0.25) is 0 Å². The van der Waals surface area contributed by atoms with Gasteiger partial charge in [-0.2, -0.15) is 0 Å². The molecule has 0 spiro atoms. The van der Waals surface area contributed by atoms with Crippen molar-refractivity contribution in [2.45, 2.75) is 50.7 Å². The van der Waals surface area contributed by atoms with Crippen LogP contribution in [0.2, 0.25) is 0 Å². The number of carbonyl (C=O) groups excluding carboxylic acids is 2. The second kappa shape index (κ2) is 7.25. The number of thioether (sulfide) groups is 1. The molecule has 2 rings (SSSR count). The van der Waals surface area contributed by atoms with Crippen LogP contribution in [0.5, 0.6) is 0 Å². The number of hydrogen-bond donors (Lipinski definition) is 0. The summed E-state index contributed by atoms with van der Waals surface area (Å²) < 4.78 is 10.6. The van der Waals surface area contributed by atoms with E-state index in [9.17, 15) is 9.59 Å². The van der Waals surface area contributed by atoms with Crippen LogP contribution in [-0.4, -0.2) is 36.1 Å². The Balaban J connectivity index is 2.28. The van der Waals surface area contributed by atoms with Gasteiger partial charge in [-0.15, -0.1) is 11.8 Å². The molecule has 0 saturated heterocycles. The molecule has 1 aliphatic heterocycles. The Hall–Kier alpha value is -1.69. The van der Waals surface area contributed by atoms with Crippen molar-refractivity contribution in [3.8, 4) is 0 Å². The van der Waals surface area contributed by atoms with Crippen molar-refractivity contribution in [1.82, 2.24) is 0 Å². The van der Waals surface area contributed by atoms with E-state index in [4.69, 9.17) is 9.47 Å². The van der Waals surface area contributed by atoms with Crippen molar-refractivity contribution >= 4 is 29.5 Å². The molecule has 1 aromatic rings. The summed E-state index contributed by atoms with van der Waals surface area (Å²) >= 11 is 1.64. The molecule has 23 heavy (non-hydrogen) atoms. The lowest BCUT2D eigenvalue weighted by molar-refractivity contribution is -0.143. The summed E-state index contributed by atoms with van der Waals surface area (Å²) in [6.07, 6.45) is -0.270. The average molecular weight is 337 g/mol. The van der Waals surface area contributed by atoms with Crippen molar-refractivity contribution in [2.75, 3.05) is 17.3 Å². The second-order valence-electron chi connectivity index (χ2n) is 6.29. The monoisotopic (exact) mass is 337 g/mol. The summed E-state index contributed by atoms with van der Waals surface area (Å²) in [7, 11) is 0. The fourth-order valence-corrected chi connectivity index (χ4v) is 3.48. The number of amides is 1. The van der Waals surface area contributed by atoms with Crippen molar-refractivity contribution in [2.24, 2.45) is 0 Å². The molecule has 0 radical (unpaired) electrons. The summed E-state index contributed by atoms with van der Waals surface area (Å²) in [6, 6.07) is 7.39. The minimum atomic E-state index is -0.592. The van der Waals surface area contributed by atoms with Crippen molar-refractivity contribution in [1.29, 1.82) is 0 Å². The second-order valence-corrected chi connectivity index (χ2v) is 7.35. The SMILES string of the molecule is CCOC(=O)CC1CSc2ccccc2N1C(=O)OC(C)(C)C. The van der Waals surface area contributed by atoms with Gasteiger partial charge in [0.1, 0.15) is 5.60 Å². The van der Waals surface area contributed by atoms with Gasteiger partial charge < -0.3 is 9.47 Å². The summed E-state index contributed by atoms with van der Waals surface area (Å²) in [5.41, 5.74) is 0.192. The van der Waals surface area contributed by atoms with Crippen LogP contribution in [0, 0.1) is 0 Å². The summed E-state index contributed by atoms with van der Waals surface area (Å²) in [5.74, 6) is 0.334. The molecule has 1 aliphatic rings. The molecule has 1 amide bonds. The Morgan fingerprint density at radius 1 is 1.30 bits per heavy atom. The number of ether oxygens (including phenoxy) is 2. The molecule has 1 heterocycles. The molecule has 1 aromatic carbocycles. The van der Waals surface area contributed by atoms with Gasteiger partial charge in [0, 0.05) is 10.6 Å². The summed E-state index contributed by atoms with van der Waals surface area (Å²) in [4.78, 5) is 27.1. The third-order valence-electron chi connectivity index (χ3n) is 3.22. The van der Waals surface area contributed by atoms with Crippen LogP contribution in [0.15, 0.2) is 29.2 Å². The lowest BCUT2D eigenvalue weighted by Gasteiger charge is -2.37. The van der Waals surface area contributed by atoms with Crippen LogP contribution in [0.25, 0.3) is 0 Å². The number of rotatable bonds is 3. The van der Waals surface area contributed by atoms with E-state index in [0.717, 1.165) is 10.6 Å². The van der Waals surface area contributed by atoms with E-state index >= 15 is 0 Å². The summed E-state index contributed by atoms with van der Waals surface area (Å²) in [5, 5.41) is 0. The number of hydrogen-bond acceptors (Lipinski definition) is 5. The van der Waals surface area contributed by atoms with Crippen LogP contribution in [0.4, 0.5) is 10.5 Å². The predicted molar refractivity (Wildman–Crippen MR) is 90.9 cm³/mol. The molecule has 0 aromatic heterocycles. The van der Waals surface area contributed by atoms with Gasteiger partial charge in [-0.1, -0.05) is 12.1 Å². The Morgan fingerprint density at radius 2 is 2.00 bits per heavy atom. The maximum atomic E-state index is 12.7. The van der Waals surface area contributed by atoms with E-state index in [1.165, 1.54) is 0 Å². The molecule has 5 nitrogen and oxygen atoms in total. The molecule has 6 heteroatoms. The first kappa shape index (κ1) is 17.7. The van der Waals surface area contributed by atoms with Crippen LogP contribution in [0.1, 0.15) is 34.1 Å². The van der Waals surface area contributed by atoms with E-state index in [-0.39, 0.29) is 18.4 Å². The number of para-hydroxylation sites is 1. The molecule has 0 bridgehead atoms. The zero-order valence-electron chi connectivity index (χ0n) is 14.0. The maximum absolute atomic E-state index is 12.7. The molecule has 126 valence electrons. The Labute approximate surface area is 141 Å². The fourth-order valence-electron chi connectivity index (χ4n) is 2.36. The van der Waals surface area contributed by atoms with E-state index in [1.807, 2.05) is 45.0 Å². The lowest BCUT2D eigenvalue weighted by Crippen LogP contribution is -2.47. The van der Waals surface area contributed by atoms with Crippen LogP contribution < -0.4 is 4.90 Å². The zero-order valence-corrected chi connectivity index (χ0v) is 14.8. The average Bonchev–Trinajstić information content (AvgIpc) is 2.45. The number of nitrogens with zero attached hydrogens (tertiary/aromatic N) is 1. The third-order valence-corrected chi connectivity index (χ3v) is 4.43. The molecule has 1 unspecified atom stereocenters. The van der Waals surface area contributed by atoms with E-state index in [1.54, 1.807) is 23.6 Å². The summed E-state index contributed by atoms with van der Waals surface area (Å²) in [6.45, 7) is 7.59. The first-order chi connectivity index (χ1) is 10.8. The number of anilines is 1. The van der Waals surface area contributed by atoms with Gasteiger partial charge in [-0.25, -0.2) is 4.79 Å².